The van der Waals surface area contributed by atoms with Crippen LogP contribution < -0.4 is 5.09 Å². The SMILES string of the molecule is C=C[C@@H]1C[C@]1(CC(=O)[C@@H]1C(C)[C@@H](C)CN1C(=O)[C@@H](NP)C(C)(C)C)C(C)=O. The van der Waals surface area contributed by atoms with Crippen molar-refractivity contribution < 1.29 is 14.4 Å². The molecule has 1 saturated heterocycles. The van der Waals surface area contributed by atoms with Crippen LogP contribution in [0.25, 0.3) is 0 Å². The molecule has 2 fully saturated rings. The van der Waals surface area contributed by atoms with Gasteiger partial charge >= 0.3 is 0 Å². The van der Waals surface area contributed by atoms with E-state index >= 15 is 0 Å². The van der Waals surface area contributed by atoms with Crippen LogP contribution in [0.3, 0.4) is 0 Å². The maximum Gasteiger partial charge on any atom is 0.241 e. The lowest BCUT2D eigenvalue weighted by molar-refractivity contribution is -0.142. The summed E-state index contributed by atoms with van der Waals surface area (Å²) in [6, 6.07) is -0.850. The summed E-state index contributed by atoms with van der Waals surface area (Å²) in [6.45, 7) is 16.1. The smallest absolute Gasteiger partial charge is 0.241 e. The number of nitrogens with one attached hydrogen (secondary N) is 1. The summed E-state index contributed by atoms with van der Waals surface area (Å²) in [5, 5.41) is 3.05. The third-order valence-corrected chi connectivity index (χ3v) is 7.05. The molecule has 1 heterocycles. The zero-order chi connectivity index (χ0) is 20.7. The zero-order valence-corrected chi connectivity index (χ0v) is 18.7. The van der Waals surface area contributed by atoms with Crippen molar-refractivity contribution in [2.24, 2.45) is 28.6 Å². The summed E-state index contributed by atoms with van der Waals surface area (Å²) < 4.78 is 0. The van der Waals surface area contributed by atoms with E-state index in [1.807, 2.05) is 27.7 Å². The Balaban J connectivity index is 2.26. The zero-order valence-electron chi connectivity index (χ0n) is 17.5. The number of Topliss-reactive ketones (excluding diaryl/α,β-unsaturated/α-hetero) is 2. The first-order chi connectivity index (χ1) is 12.4. The average molecular weight is 394 g/mol. The van der Waals surface area contributed by atoms with Gasteiger partial charge in [0.05, 0.1) is 12.1 Å². The predicted octanol–water partition coefficient (Wildman–Crippen LogP) is 3.00. The van der Waals surface area contributed by atoms with Crippen LogP contribution in [0.4, 0.5) is 0 Å². The Hall–Kier alpha value is -1.06. The van der Waals surface area contributed by atoms with Gasteiger partial charge in [-0.3, -0.25) is 19.5 Å². The molecular weight excluding hydrogens is 359 g/mol. The standard InChI is InChI=1S/C21H35N2O3P/c1-8-15-9-21(15,14(4)24)10-16(25)17-13(3)12(2)11-23(17)19(26)18(22-27)20(5,6)7/h8,12-13,15,17-18,22H,1,9-11,27H2,2-7H3/t12-,13?,15+,17-,18+,21-/m0/s1. The Bertz CT molecular complexity index is 642. The summed E-state index contributed by atoms with van der Waals surface area (Å²) in [7, 11) is 2.44. The highest BCUT2D eigenvalue weighted by molar-refractivity contribution is 7.13. The van der Waals surface area contributed by atoms with E-state index in [1.165, 1.54) is 0 Å². The van der Waals surface area contributed by atoms with Gasteiger partial charge < -0.3 is 4.90 Å². The molecule has 0 bridgehead atoms. The number of rotatable bonds is 7. The van der Waals surface area contributed by atoms with Crippen LogP contribution in [0.5, 0.6) is 0 Å². The Morgan fingerprint density at radius 1 is 1.33 bits per heavy atom. The second-order valence-corrected chi connectivity index (χ2v) is 9.97. The Labute approximate surface area is 166 Å². The van der Waals surface area contributed by atoms with Gasteiger partial charge in [-0.2, -0.15) is 0 Å². The molecule has 2 rings (SSSR count). The topological polar surface area (TPSA) is 66.5 Å². The van der Waals surface area contributed by atoms with Gasteiger partial charge in [-0.25, -0.2) is 0 Å². The van der Waals surface area contributed by atoms with E-state index < -0.39 is 11.5 Å². The first kappa shape index (κ1) is 22.2. The van der Waals surface area contributed by atoms with Gasteiger partial charge in [0.1, 0.15) is 5.78 Å². The van der Waals surface area contributed by atoms with E-state index in [9.17, 15) is 14.4 Å². The number of likely N-dealkylation sites (tertiary alicyclic amines) is 1. The van der Waals surface area contributed by atoms with Crippen LogP contribution in [-0.4, -0.2) is 41.0 Å². The van der Waals surface area contributed by atoms with Gasteiger partial charge in [0.25, 0.3) is 0 Å². The van der Waals surface area contributed by atoms with Gasteiger partial charge in [0, 0.05) is 18.4 Å². The van der Waals surface area contributed by atoms with Gasteiger partial charge in [0.15, 0.2) is 5.78 Å². The minimum absolute atomic E-state index is 0.0103. The maximum atomic E-state index is 13.3. The van der Waals surface area contributed by atoms with Crippen LogP contribution in [-0.2, 0) is 14.4 Å². The molecule has 0 aromatic carbocycles. The number of hydrogen-bond donors (Lipinski definition) is 1. The maximum absolute atomic E-state index is 13.3. The second-order valence-electron chi connectivity index (χ2n) is 9.64. The molecule has 1 saturated carbocycles. The van der Waals surface area contributed by atoms with Crippen molar-refractivity contribution >= 4 is 26.9 Å². The quantitative estimate of drug-likeness (QED) is 0.532. The van der Waals surface area contributed by atoms with Crippen LogP contribution in [0.1, 0.15) is 54.4 Å². The molecule has 152 valence electrons. The monoisotopic (exact) mass is 394 g/mol. The fourth-order valence-electron chi connectivity index (χ4n) is 4.53. The molecular formula is C21H35N2O3P. The Morgan fingerprint density at radius 2 is 1.93 bits per heavy atom. The van der Waals surface area contributed by atoms with E-state index in [0.29, 0.717) is 13.0 Å². The van der Waals surface area contributed by atoms with Gasteiger partial charge in [-0.05, 0) is 36.5 Å². The molecule has 0 aromatic heterocycles. The molecule has 1 N–H and O–H groups in total. The van der Waals surface area contributed by atoms with E-state index in [-0.39, 0.29) is 53.1 Å². The largest absolute Gasteiger partial charge is 0.331 e. The molecule has 5 nitrogen and oxygen atoms in total. The van der Waals surface area contributed by atoms with Crippen molar-refractivity contribution in [3.05, 3.63) is 12.7 Å². The van der Waals surface area contributed by atoms with Crippen molar-refractivity contribution in [2.45, 2.75) is 66.5 Å². The van der Waals surface area contributed by atoms with Crippen LogP contribution >= 0.6 is 9.39 Å². The molecule has 1 aliphatic carbocycles. The molecule has 27 heavy (non-hydrogen) atoms. The molecule has 6 heteroatoms. The highest BCUT2D eigenvalue weighted by Gasteiger charge is 2.58. The fourth-order valence-corrected chi connectivity index (χ4v) is 5.17. The summed E-state index contributed by atoms with van der Waals surface area (Å²) in [5.74, 6) is 0.424. The minimum atomic E-state index is -0.596. The molecule has 7 atom stereocenters. The number of hydrogen-bond acceptors (Lipinski definition) is 4. The number of carbonyl (C=O) groups is 3. The Kier molecular flexibility index (Phi) is 6.38. The van der Waals surface area contributed by atoms with E-state index in [0.717, 1.165) is 0 Å². The third kappa shape index (κ3) is 4.05. The van der Waals surface area contributed by atoms with Gasteiger partial charge in [-0.15, -0.1) is 6.58 Å². The number of ketones is 2. The normalized spacial score (nSPS) is 34.3. The van der Waals surface area contributed by atoms with Crippen LogP contribution in [0.2, 0.25) is 0 Å². The number of carbonyl (C=O) groups excluding carboxylic acids is 3. The molecule has 1 aliphatic heterocycles. The van der Waals surface area contributed by atoms with Crippen molar-refractivity contribution in [1.29, 1.82) is 0 Å². The van der Waals surface area contributed by atoms with Crippen LogP contribution in [0, 0.1) is 28.6 Å². The van der Waals surface area contributed by atoms with E-state index in [1.54, 1.807) is 17.9 Å². The van der Waals surface area contributed by atoms with Crippen molar-refractivity contribution in [1.82, 2.24) is 9.99 Å². The lowest BCUT2D eigenvalue weighted by Gasteiger charge is -2.35. The fraction of sp³-hybridized carbons (Fsp3) is 0.762. The molecule has 2 aliphatic rings. The van der Waals surface area contributed by atoms with Gasteiger partial charge in [0.2, 0.25) is 5.91 Å². The Morgan fingerprint density at radius 3 is 2.33 bits per heavy atom. The number of nitrogens with zero attached hydrogens (tertiary/aromatic N) is 1. The van der Waals surface area contributed by atoms with E-state index in [4.69, 9.17) is 0 Å². The number of allylic oxidation sites excluding steroid dienone is 1. The highest BCUT2D eigenvalue weighted by Crippen LogP contribution is 2.57. The summed E-state index contributed by atoms with van der Waals surface area (Å²) in [4.78, 5) is 40.5. The van der Waals surface area contributed by atoms with E-state index in [2.05, 4.69) is 28.0 Å². The summed E-state index contributed by atoms with van der Waals surface area (Å²) >= 11 is 0. The molecule has 2 unspecified atom stereocenters. The molecule has 0 spiro atoms. The summed E-state index contributed by atoms with van der Waals surface area (Å²) in [5.41, 5.74) is -0.867. The molecule has 0 aromatic rings. The van der Waals surface area contributed by atoms with Crippen molar-refractivity contribution in [3.8, 4) is 0 Å². The summed E-state index contributed by atoms with van der Waals surface area (Å²) in [6.07, 6.45) is 2.69. The minimum Gasteiger partial charge on any atom is -0.331 e. The molecule has 1 amide bonds. The predicted molar refractivity (Wildman–Crippen MR) is 111 cm³/mol. The first-order valence-corrected chi connectivity index (χ1v) is 10.4. The highest BCUT2D eigenvalue weighted by atomic mass is 31.0. The third-order valence-electron chi connectivity index (χ3n) is 6.72. The van der Waals surface area contributed by atoms with Crippen molar-refractivity contribution in [2.75, 3.05) is 6.54 Å². The lowest BCUT2D eigenvalue weighted by Crippen LogP contribution is -2.54. The molecule has 0 radical (unpaired) electrons. The first-order valence-electron chi connectivity index (χ1n) is 9.83. The van der Waals surface area contributed by atoms with Crippen molar-refractivity contribution in [3.63, 3.8) is 0 Å². The number of amides is 1. The lowest BCUT2D eigenvalue weighted by atomic mass is 9.83. The second kappa shape index (κ2) is 7.75. The van der Waals surface area contributed by atoms with Gasteiger partial charge in [-0.1, -0.05) is 50.1 Å². The van der Waals surface area contributed by atoms with Crippen LogP contribution in [0.15, 0.2) is 12.7 Å². The average Bonchev–Trinajstić information content (AvgIpc) is 3.19.